The third kappa shape index (κ3) is 4.59. The zero-order chi connectivity index (χ0) is 13.9. The fraction of sp³-hybridized carbons (Fsp3) is 0.562. The Morgan fingerprint density at radius 3 is 2.86 bits per heavy atom. The molecular formula is C16H26Cl2N4. The lowest BCUT2D eigenvalue weighted by molar-refractivity contribution is 0.214. The van der Waals surface area contributed by atoms with Crippen LogP contribution in [0, 0.1) is 6.92 Å². The minimum atomic E-state index is 0. The second kappa shape index (κ2) is 8.73. The van der Waals surface area contributed by atoms with Crippen molar-refractivity contribution in [1.29, 1.82) is 0 Å². The van der Waals surface area contributed by atoms with E-state index in [4.69, 9.17) is 4.98 Å². The third-order valence-electron chi connectivity index (χ3n) is 4.23. The third-order valence-corrected chi connectivity index (χ3v) is 4.23. The van der Waals surface area contributed by atoms with Crippen molar-refractivity contribution in [2.24, 2.45) is 0 Å². The molecule has 1 aliphatic rings. The monoisotopic (exact) mass is 344 g/mol. The topological polar surface area (TPSA) is 32.6 Å². The van der Waals surface area contributed by atoms with Crippen LogP contribution >= 0.6 is 24.8 Å². The second-order valence-electron chi connectivity index (χ2n) is 5.95. The molecule has 1 N–H and O–H groups in total. The van der Waals surface area contributed by atoms with E-state index in [1.165, 1.54) is 24.8 Å². The van der Waals surface area contributed by atoms with Gasteiger partial charge in [-0.25, -0.2) is 4.98 Å². The first-order chi connectivity index (χ1) is 9.72. The van der Waals surface area contributed by atoms with E-state index in [-0.39, 0.29) is 24.8 Å². The minimum Gasteiger partial charge on any atom is -0.317 e. The highest BCUT2D eigenvalue weighted by atomic mass is 35.5. The summed E-state index contributed by atoms with van der Waals surface area (Å²) in [5, 5.41) is 3.48. The summed E-state index contributed by atoms with van der Waals surface area (Å²) in [6, 6.07) is 4.89. The number of nitrogens with zero attached hydrogens (tertiary/aromatic N) is 3. The molecule has 1 saturated heterocycles. The van der Waals surface area contributed by atoms with E-state index in [9.17, 15) is 0 Å². The summed E-state index contributed by atoms with van der Waals surface area (Å²) < 4.78 is 2.13. The number of imidazole rings is 1. The number of hydrogen-bond donors (Lipinski definition) is 1. The molecule has 0 amide bonds. The molecule has 1 unspecified atom stereocenters. The van der Waals surface area contributed by atoms with Gasteiger partial charge in [-0.05, 0) is 58.0 Å². The summed E-state index contributed by atoms with van der Waals surface area (Å²) in [4.78, 5) is 7.18. The van der Waals surface area contributed by atoms with Gasteiger partial charge in [0.15, 0.2) is 0 Å². The zero-order valence-corrected chi connectivity index (χ0v) is 14.9. The molecule has 1 fully saturated rings. The quantitative estimate of drug-likeness (QED) is 0.928. The number of rotatable bonds is 3. The van der Waals surface area contributed by atoms with E-state index in [0.717, 1.165) is 31.0 Å². The molecule has 0 bridgehead atoms. The highest BCUT2D eigenvalue weighted by molar-refractivity contribution is 5.85. The van der Waals surface area contributed by atoms with Crippen molar-refractivity contribution < 1.29 is 0 Å². The van der Waals surface area contributed by atoms with Crippen LogP contribution in [0.3, 0.4) is 0 Å². The Labute approximate surface area is 145 Å². The average molecular weight is 345 g/mol. The van der Waals surface area contributed by atoms with Gasteiger partial charge < -0.3 is 9.72 Å². The first-order valence-electron chi connectivity index (χ1n) is 7.57. The van der Waals surface area contributed by atoms with Gasteiger partial charge >= 0.3 is 0 Å². The molecule has 0 radical (unpaired) electrons. The standard InChI is InChI=1S/C16H24N4.2ClH/c1-13-5-6-16-18-14(12-20(16)10-13)11-19(2)15-4-3-8-17-9-7-15;;/h5-6,10,12,15,17H,3-4,7-9,11H2,1-2H3;2*1H. The Morgan fingerprint density at radius 2 is 2.05 bits per heavy atom. The molecule has 4 nitrogen and oxygen atoms in total. The van der Waals surface area contributed by atoms with Gasteiger partial charge in [-0.2, -0.15) is 0 Å². The molecule has 1 atom stereocenters. The van der Waals surface area contributed by atoms with Crippen LogP contribution in [0.5, 0.6) is 0 Å². The van der Waals surface area contributed by atoms with Crippen LogP contribution in [0.4, 0.5) is 0 Å². The lowest BCUT2D eigenvalue weighted by atomic mass is 10.1. The molecule has 0 spiro atoms. The summed E-state index contributed by atoms with van der Waals surface area (Å²) in [6.45, 7) is 5.35. The highest BCUT2D eigenvalue weighted by Gasteiger charge is 2.17. The number of fused-ring (bicyclic) bond motifs is 1. The SMILES string of the molecule is Cc1ccc2nc(CN(C)C3CCCNCC3)cn2c1.Cl.Cl. The molecule has 1 aliphatic heterocycles. The Kier molecular flexibility index (Phi) is 7.63. The van der Waals surface area contributed by atoms with Crippen molar-refractivity contribution in [3.8, 4) is 0 Å². The molecule has 22 heavy (non-hydrogen) atoms. The Balaban J connectivity index is 0.00000121. The predicted octanol–water partition coefficient (Wildman–Crippen LogP) is 3.06. The van der Waals surface area contributed by atoms with Gasteiger partial charge in [0, 0.05) is 25.0 Å². The van der Waals surface area contributed by atoms with Crippen molar-refractivity contribution in [1.82, 2.24) is 19.6 Å². The Hall–Kier alpha value is -0.810. The molecule has 0 saturated carbocycles. The number of hydrogen-bond acceptors (Lipinski definition) is 3. The molecule has 124 valence electrons. The lowest BCUT2D eigenvalue weighted by Crippen LogP contribution is -2.32. The number of nitrogens with one attached hydrogen (secondary N) is 1. The van der Waals surface area contributed by atoms with E-state index >= 15 is 0 Å². The highest BCUT2D eigenvalue weighted by Crippen LogP contribution is 2.15. The van der Waals surface area contributed by atoms with Crippen molar-refractivity contribution in [2.75, 3.05) is 20.1 Å². The van der Waals surface area contributed by atoms with E-state index in [1.54, 1.807) is 0 Å². The Bertz CT molecular complexity index is 577. The molecule has 2 aromatic rings. The van der Waals surface area contributed by atoms with Gasteiger partial charge in [0.25, 0.3) is 0 Å². The predicted molar refractivity (Wildman–Crippen MR) is 96.4 cm³/mol. The molecule has 3 rings (SSSR count). The second-order valence-corrected chi connectivity index (χ2v) is 5.95. The number of pyridine rings is 1. The smallest absolute Gasteiger partial charge is 0.137 e. The van der Waals surface area contributed by atoms with E-state index < -0.39 is 0 Å². The van der Waals surface area contributed by atoms with Crippen LogP contribution in [0.2, 0.25) is 0 Å². The lowest BCUT2D eigenvalue weighted by Gasteiger charge is -2.25. The molecule has 2 aromatic heterocycles. The summed E-state index contributed by atoms with van der Waals surface area (Å²) in [7, 11) is 2.23. The normalized spacial score (nSPS) is 18.6. The van der Waals surface area contributed by atoms with Crippen LogP contribution in [0.15, 0.2) is 24.5 Å². The summed E-state index contributed by atoms with van der Waals surface area (Å²) in [5.74, 6) is 0. The molecule has 3 heterocycles. The first kappa shape index (κ1) is 19.2. The minimum absolute atomic E-state index is 0. The van der Waals surface area contributed by atoms with Crippen LogP contribution in [0.25, 0.3) is 5.65 Å². The van der Waals surface area contributed by atoms with Gasteiger partial charge in [-0.1, -0.05) is 6.07 Å². The van der Waals surface area contributed by atoms with Gasteiger partial charge in [-0.15, -0.1) is 24.8 Å². The number of aromatic nitrogens is 2. The van der Waals surface area contributed by atoms with Gasteiger partial charge in [-0.3, -0.25) is 4.90 Å². The summed E-state index contributed by atoms with van der Waals surface area (Å²) >= 11 is 0. The van der Waals surface area contributed by atoms with Gasteiger partial charge in [0.1, 0.15) is 5.65 Å². The Morgan fingerprint density at radius 1 is 1.23 bits per heavy atom. The van der Waals surface area contributed by atoms with Gasteiger partial charge in [0.05, 0.1) is 5.69 Å². The van der Waals surface area contributed by atoms with Crippen LogP contribution in [0.1, 0.15) is 30.5 Å². The largest absolute Gasteiger partial charge is 0.317 e. The van der Waals surface area contributed by atoms with Crippen molar-refractivity contribution >= 4 is 30.5 Å². The maximum Gasteiger partial charge on any atom is 0.137 e. The van der Waals surface area contributed by atoms with Crippen molar-refractivity contribution in [3.05, 3.63) is 35.8 Å². The fourth-order valence-electron chi connectivity index (χ4n) is 3.06. The molecule has 0 aliphatic carbocycles. The molecular weight excluding hydrogens is 319 g/mol. The maximum absolute atomic E-state index is 4.72. The number of aryl methyl sites for hydroxylation is 1. The first-order valence-corrected chi connectivity index (χ1v) is 7.57. The maximum atomic E-state index is 4.72. The number of halogens is 2. The van der Waals surface area contributed by atoms with Crippen LogP contribution in [-0.4, -0.2) is 40.5 Å². The van der Waals surface area contributed by atoms with Crippen molar-refractivity contribution in [2.45, 2.75) is 38.8 Å². The average Bonchev–Trinajstić information content (AvgIpc) is 2.64. The zero-order valence-electron chi connectivity index (χ0n) is 13.3. The van der Waals surface area contributed by atoms with Crippen LogP contribution < -0.4 is 5.32 Å². The van der Waals surface area contributed by atoms with E-state index in [2.05, 4.69) is 53.1 Å². The summed E-state index contributed by atoms with van der Waals surface area (Å²) in [5.41, 5.74) is 3.47. The van der Waals surface area contributed by atoms with Crippen molar-refractivity contribution in [3.63, 3.8) is 0 Å². The molecule has 6 heteroatoms. The van der Waals surface area contributed by atoms with E-state index in [0.29, 0.717) is 6.04 Å². The van der Waals surface area contributed by atoms with Crippen LogP contribution in [-0.2, 0) is 6.54 Å². The van der Waals surface area contributed by atoms with E-state index in [1.807, 2.05) is 0 Å². The fourth-order valence-corrected chi connectivity index (χ4v) is 3.06. The molecule has 0 aromatic carbocycles. The van der Waals surface area contributed by atoms with Gasteiger partial charge in [0.2, 0.25) is 0 Å². The summed E-state index contributed by atoms with van der Waals surface area (Å²) in [6.07, 6.45) is 8.10.